The molecule has 0 aromatic heterocycles. The first kappa shape index (κ1) is 13.1. The molecule has 0 amide bonds. The number of rotatable bonds is 5. The summed E-state index contributed by atoms with van der Waals surface area (Å²) in [6.07, 6.45) is 0. The van der Waals surface area contributed by atoms with E-state index >= 15 is 0 Å². The molecule has 1 N–H and O–H groups in total. The highest BCUT2D eigenvalue weighted by Crippen LogP contribution is 2.16. The Morgan fingerprint density at radius 1 is 1.31 bits per heavy atom. The first-order chi connectivity index (χ1) is 7.47. The lowest BCUT2D eigenvalue weighted by molar-refractivity contribution is 0.551. The Morgan fingerprint density at radius 2 is 2.00 bits per heavy atom. The van der Waals surface area contributed by atoms with Crippen LogP contribution in [0.2, 0.25) is 0 Å². The van der Waals surface area contributed by atoms with Crippen molar-refractivity contribution in [3.05, 3.63) is 29.8 Å². The highest BCUT2D eigenvalue weighted by atomic mass is 32.2. The number of benzene rings is 1. The molecule has 90 valence electrons. The molecule has 0 atom stereocenters. The molecule has 6 heteroatoms. The zero-order valence-electron chi connectivity index (χ0n) is 8.83. The van der Waals surface area contributed by atoms with Gasteiger partial charge in [-0.3, -0.25) is 0 Å². The number of nitrogens with one attached hydrogen (secondary N) is 1. The minimum absolute atomic E-state index is 0.217. The molecule has 1 aromatic rings. The minimum Gasteiger partial charge on any atom is -0.316 e. The van der Waals surface area contributed by atoms with Gasteiger partial charge in [-0.05, 0) is 24.7 Å². The van der Waals surface area contributed by atoms with Gasteiger partial charge in [-0.25, -0.2) is 17.2 Å². The van der Waals surface area contributed by atoms with Crippen LogP contribution in [0.5, 0.6) is 0 Å². The van der Waals surface area contributed by atoms with Crippen molar-refractivity contribution in [3.8, 4) is 0 Å². The van der Waals surface area contributed by atoms with E-state index in [0.717, 1.165) is 12.1 Å². The van der Waals surface area contributed by atoms with Crippen LogP contribution < -0.4 is 5.32 Å². The van der Waals surface area contributed by atoms with E-state index in [1.165, 1.54) is 0 Å². The molecule has 0 heterocycles. The normalized spacial score (nSPS) is 11.7. The van der Waals surface area contributed by atoms with Crippen molar-refractivity contribution in [2.45, 2.75) is 11.8 Å². The largest absolute Gasteiger partial charge is 0.316 e. The maximum absolute atomic E-state index is 13.2. The topological polar surface area (TPSA) is 46.2 Å². The van der Waals surface area contributed by atoms with Gasteiger partial charge in [0.1, 0.15) is 16.5 Å². The molecule has 1 aromatic carbocycles. The molecule has 0 radical (unpaired) electrons. The van der Waals surface area contributed by atoms with Gasteiger partial charge in [-0.15, -0.1) is 0 Å². The van der Waals surface area contributed by atoms with E-state index < -0.39 is 26.4 Å². The van der Waals surface area contributed by atoms with Crippen LogP contribution in [0.1, 0.15) is 6.92 Å². The van der Waals surface area contributed by atoms with E-state index in [9.17, 15) is 17.2 Å². The fraction of sp³-hybridized carbons (Fsp3) is 0.400. The van der Waals surface area contributed by atoms with E-state index in [4.69, 9.17) is 0 Å². The monoisotopic (exact) mass is 249 g/mol. The molecule has 0 saturated carbocycles. The third-order valence-corrected chi connectivity index (χ3v) is 3.75. The molecular formula is C10H13F2NO2S. The maximum Gasteiger partial charge on any atom is 0.182 e. The minimum atomic E-state index is -3.76. The summed E-state index contributed by atoms with van der Waals surface area (Å²) in [6, 6.07) is 2.41. The van der Waals surface area contributed by atoms with Crippen LogP contribution in [0.15, 0.2) is 23.1 Å². The molecule has 0 bridgehead atoms. The summed E-state index contributed by atoms with van der Waals surface area (Å²) >= 11 is 0. The standard InChI is InChI=1S/C10H13F2NO2S/c1-2-13-5-6-16(14,15)10-7-8(11)3-4-9(10)12/h3-4,7,13H,2,5-6H2,1H3. The van der Waals surface area contributed by atoms with Gasteiger partial charge < -0.3 is 5.32 Å². The number of sulfone groups is 1. The number of hydrogen-bond donors (Lipinski definition) is 1. The van der Waals surface area contributed by atoms with Gasteiger partial charge in [-0.1, -0.05) is 6.92 Å². The van der Waals surface area contributed by atoms with Crippen LogP contribution in [0.25, 0.3) is 0 Å². The van der Waals surface area contributed by atoms with Crippen LogP contribution in [0.4, 0.5) is 8.78 Å². The lowest BCUT2D eigenvalue weighted by Gasteiger charge is -2.06. The van der Waals surface area contributed by atoms with Crippen molar-refractivity contribution in [2.75, 3.05) is 18.8 Å². The smallest absolute Gasteiger partial charge is 0.182 e. The Hall–Kier alpha value is -1.01. The molecule has 16 heavy (non-hydrogen) atoms. The zero-order valence-corrected chi connectivity index (χ0v) is 9.65. The Labute approximate surface area is 93.4 Å². The van der Waals surface area contributed by atoms with Crippen LogP contribution >= 0.6 is 0 Å². The summed E-state index contributed by atoms with van der Waals surface area (Å²) in [7, 11) is -3.76. The van der Waals surface area contributed by atoms with Crippen LogP contribution in [0, 0.1) is 11.6 Å². The second-order valence-corrected chi connectivity index (χ2v) is 5.32. The van der Waals surface area contributed by atoms with Crippen molar-refractivity contribution < 1.29 is 17.2 Å². The van der Waals surface area contributed by atoms with Crippen molar-refractivity contribution in [3.63, 3.8) is 0 Å². The average Bonchev–Trinajstić information content (AvgIpc) is 2.22. The fourth-order valence-electron chi connectivity index (χ4n) is 1.21. The SMILES string of the molecule is CCNCCS(=O)(=O)c1cc(F)ccc1F. The third-order valence-electron chi connectivity index (χ3n) is 2.03. The predicted octanol–water partition coefficient (Wildman–Crippen LogP) is 1.35. The first-order valence-electron chi connectivity index (χ1n) is 4.86. The van der Waals surface area contributed by atoms with E-state index in [0.29, 0.717) is 12.6 Å². The van der Waals surface area contributed by atoms with E-state index in [-0.39, 0.29) is 12.3 Å². The Balaban J connectivity index is 2.93. The molecule has 0 spiro atoms. The predicted molar refractivity (Wildman–Crippen MR) is 57.0 cm³/mol. The van der Waals surface area contributed by atoms with E-state index in [1.54, 1.807) is 0 Å². The molecule has 3 nitrogen and oxygen atoms in total. The summed E-state index contributed by atoms with van der Waals surface area (Å²) < 4.78 is 49.3. The molecule has 0 unspecified atom stereocenters. The fourth-order valence-corrected chi connectivity index (χ4v) is 2.50. The van der Waals surface area contributed by atoms with Crippen LogP contribution in [0.3, 0.4) is 0 Å². The van der Waals surface area contributed by atoms with Crippen molar-refractivity contribution in [1.29, 1.82) is 0 Å². The lowest BCUT2D eigenvalue weighted by atomic mass is 10.3. The Morgan fingerprint density at radius 3 is 2.62 bits per heavy atom. The highest BCUT2D eigenvalue weighted by Gasteiger charge is 2.19. The summed E-state index contributed by atoms with van der Waals surface area (Å²) in [5, 5.41) is 2.81. The van der Waals surface area contributed by atoms with Crippen LogP contribution in [-0.4, -0.2) is 27.3 Å². The van der Waals surface area contributed by atoms with E-state index in [2.05, 4.69) is 5.32 Å². The molecule has 0 aliphatic heterocycles. The van der Waals surface area contributed by atoms with Gasteiger partial charge in [0, 0.05) is 6.54 Å². The highest BCUT2D eigenvalue weighted by molar-refractivity contribution is 7.91. The second-order valence-electron chi connectivity index (χ2n) is 3.25. The number of hydrogen-bond acceptors (Lipinski definition) is 3. The summed E-state index contributed by atoms with van der Waals surface area (Å²) in [5.74, 6) is -1.93. The van der Waals surface area contributed by atoms with Crippen molar-refractivity contribution >= 4 is 9.84 Å². The van der Waals surface area contributed by atoms with Gasteiger partial charge in [-0.2, -0.15) is 0 Å². The lowest BCUT2D eigenvalue weighted by Crippen LogP contribution is -2.23. The van der Waals surface area contributed by atoms with Gasteiger partial charge >= 0.3 is 0 Å². The number of halogens is 2. The quantitative estimate of drug-likeness (QED) is 0.801. The van der Waals surface area contributed by atoms with Gasteiger partial charge in [0.05, 0.1) is 5.75 Å². The Bertz CT molecular complexity index is 460. The van der Waals surface area contributed by atoms with Crippen molar-refractivity contribution in [1.82, 2.24) is 5.32 Å². The van der Waals surface area contributed by atoms with Gasteiger partial charge in [0.15, 0.2) is 9.84 Å². The summed E-state index contributed by atoms with van der Waals surface area (Å²) in [6.45, 7) is 2.67. The second kappa shape index (κ2) is 5.36. The first-order valence-corrected chi connectivity index (χ1v) is 6.51. The van der Waals surface area contributed by atoms with Gasteiger partial charge in [0.2, 0.25) is 0 Å². The average molecular weight is 249 g/mol. The van der Waals surface area contributed by atoms with Crippen LogP contribution in [-0.2, 0) is 9.84 Å². The maximum atomic E-state index is 13.2. The van der Waals surface area contributed by atoms with Gasteiger partial charge in [0.25, 0.3) is 0 Å². The molecule has 0 saturated heterocycles. The van der Waals surface area contributed by atoms with E-state index in [1.807, 2.05) is 6.92 Å². The summed E-state index contributed by atoms with van der Waals surface area (Å²) in [4.78, 5) is -0.578. The molecule has 0 fully saturated rings. The molecule has 0 aliphatic rings. The zero-order chi connectivity index (χ0) is 12.2. The molecule has 0 aliphatic carbocycles. The molecular weight excluding hydrogens is 236 g/mol. The third kappa shape index (κ3) is 3.24. The Kier molecular flexibility index (Phi) is 4.37. The molecule has 1 rings (SSSR count). The van der Waals surface area contributed by atoms with Crippen molar-refractivity contribution in [2.24, 2.45) is 0 Å². The summed E-state index contributed by atoms with van der Waals surface area (Å²) in [5.41, 5.74) is 0.